The summed E-state index contributed by atoms with van der Waals surface area (Å²) in [5, 5.41) is 2.67. The number of rotatable bonds is 4. The van der Waals surface area contributed by atoms with Gasteiger partial charge in [0.2, 0.25) is 5.91 Å². The average molecular weight is 288 g/mol. The molecule has 0 aliphatic heterocycles. The molecule has 0 atom stereocenters. The predicted molar refractivity (Wildman–Crippen MR) is 70.2 cm³/mol. The smallest absolute Gasteiger partial charge is 0.223 e. The van der Waals surface area contributed by atoms with Crippen molar-refractivity contribution in [2.24, 2.45) is 5.92 Å². The van der Waals surface area contributed by atoms with Gasteiger partial charge in [-0.25, -0.2) is 8.78 Å². The Balaban J connectivity index is 2.08. The molecule has 1 aliphatic rings. The molecule has 1 amide bonds. The normalized spacial score (nSPS) is 25.8. The molecule has 1 N–H and O–H groups in total. The topological polar surface area (TPSA) is 29.1 Å². The fourth-order valence-corrected chi connectivity index (χ4v) is 2.61. The third kappa shape index (κ3) is 2.73. The summed E-state index contributed by atoms with van der Waals surface area (Å²) in [7, 11) is 0. The highest BCUT2D eigenvalue weighted by Gasteiger charge is 2.49. The molecule has 1 aliphatic carbocycles. The van der Waals surface area contributed by atoms with E-state index >= 15 is 0 Å². The summed E-state index contributed by atoms with van der Waals surface area (Å²) in [6.45, 7) is 2.35. The zero-order valence-corrected chi connectivity index (χ0v) is 11.4. The Labute approximate surface area is 116 Å². The molecule has 1 saturated carbocycles. The van der Waals surface area contributed by atoms with Crippen LogP contribution in [0.15, 0.2) is 18.2 Å². The van der Waals surface area contributed by atoms with Crippen molar-refractivity contribution in [1.29, 1.82) is 0 Å². The summed E-state index contributed by atoms with van der Waals surface area (Å²) in [4.78, 5) is 11.5. The minimum absolute atomic E-state index is 0.0624. The summed E-state index contributed by atoms with van der Waals surface area (Å²) in [5.74, 6) is -0.882. The quantitative estimate of drug-likeness (QED) is 0.846. The number of carbonyl (C=O) groups is 1. The van der Waals surface area contributed by atoms with Crippen molar-refractivity contribution in [3.05, 3.63) is 35.1 Å². The maximum Gasteiger partial charge on any atom is 0.223 e. The first-order valence-corrected chi connectivity index (χ1v) is 6.85. The molecule has 0 bridgehead atoms. The summed E-state index contributed by atoms with van der Waals surface area (Å²) in [6.07, 6.45) is 0.219. The van der Waals surface area contributed by atoms with Crippen LogP contribution in [0.25, 0.3) is 0 Å². The monoisotopic (exact) mass is 287 g/mol. The van der Waals surface area contributed by atoms with E-state index in [1.54, 1.807) is 6.07 Å². The zero-order chi connectivity index (χ0) is 14.0. The second-order valence-corrected chi connectivity index (χ2v) is 5.17. The molecule has 5 heteroatoms. The maximum atomic E-state index is 14.5. The molecule has 0 radical (unpaired) electrons. The highest BCUT2D eigenvalue weighted by Crippen LogP contribution is 2.49. The Kier molecular flexibility index (Phi) is 4.09. The zero-order valence-electron chi connectivity index (χ0n) is 10.7. The largest absolute Gasteiger partial charge is 0.356 e. The van der Waals surface area contributed by atoms with E-state index in [2.05, 4.69) is 5.32 Å². The van der Waals surface area contributed by atoms with E-state index in [1.807, 2.05) is 6.92 Å². The van der Waals surface area contributed by atoms with Crippen molar-refractivity contribution in [3.63, 3.8) is 0 Å². The third-order valence-electron chi connectivity index (χ3n) is 3.58. The van der Waals surface area contributed by atoms with Crippen molar-refractivity contribution in [1.82, 2.24) is 5.32 Å². The molecule has 2 rings (SSSR count). The van der Waals surface area contributed by atoms with Crippen LogP contribution >= 0.6 is 11.6 Å². The fraction of sp³-hybridized carbons (Fsp3) is 0.500. The molecular weight excluding hydrogens is 272 g/mol. The molecule has 0 heterocycles. The van der Waals surface area contributed by atoms with Gasteiger partial charge in [0, 0.05) is 18.0 Å². The molecule has 1 fully saturated rings. The molecule has 0 spiro atoms. The number of halogens is 3. The summed E-state index contributed by atoms with van der Waals surface area (Å²) in [5.41, 5.74) is -0.949. The predicted octanol–water partition coefficient (Wildman–Crippen LogP) is 3.28. The van der Waals surface area contributed by atoms with Crippen LogP contribution < -0.4 is 5.32 Å². The van der Waals surface area contributed by atoms with Crippen LogP contribution in [0.2, 0.25) is 0 Å². The number of benzene rings is 1. The van der Waals surface area contributed by atoms with E-state index < -0.39 is 11.5 Å². The van der Waals surface area contributed by atoms with Gasteiger partial charge in [-0.15, -0.1) is 11.6 Å². The molecule has 0 unspecified atom stereocenters. The Hall–Kier alpha value is -1.16. The van der Waals surface area contributed by atoms with E-state index in [4.69, 9.17) is 11.6 Å². The summed E-state index contributed by atoms with van der Waals surface area (Å²) >= 11 is 5.56. The highest BCUT2D eigenvalue weighted by atomic mass is 35.5. The molecule has 19 heavy (non-hydrogen) atoms. The Morgan fingerprint density at radius 2 is 2.21 bits per heavy atom. The van der Waals surface area contributed by atoms with E-state index in [-0.39, 0.29) is 30.5 Å². The molecule has 0 saturated heterocycles. The minimum Gasteiger partial charge on any atom is -0.356 e. The van der Waals surface area contributed by atoms with Crippen LogP contribution in [-0.2, 0) is 16.3 Å². The van der Waals surface area contributed by atoms with E-state index in [0.717, 1.165) is 0 Å². The van der Waals surface area contributed by atoms with Gasteiger partial charge in [0.1, 0.15) is 11.5 Å². The third-order valence-corrected chi connectivity index (χ3v) is 3.86. The van der Waals surface area contributed by atoms with Gasteiger partial charge in [0.05, 0.1) is 5.88 Å². The standard InChI is InChI=1S/C14H16ClF2NO/c1-2-18-13(19)10-6-14(17,7-10)11-4-3-9(8-15)12(16)5-11/h3-5,10H,2,6-8H2,1H3,(H,18,19)/t10-,14+. The second kappa shape index (κ2) is 5.45. The molecule has 104 valence electrons. The van der Waals surface area contributed by atoms with Crippen LogP contribution in [0.5, 0.6) is 0 Å². The Morgan fingerprint density at radius 3 is 2.74 bits per heavy atom. The lowest BCUT2D eigenvalue weighted by Gasteiger charge is -2.40. The van der Waals surface area contributed by atoms with Gasteiger partial charge in [0.15, 0.2) is 0 Å². The van der Waals surface area contributed by atoms with Crippen LogP contribution in [0.1, 0.15) is 30.9 Å². The minimum atomic E-state index is -1.60. The number of carbonyl (C=O) groups excluding carboxylic acids is 1. The van der Waals surface area contributed by atoms with Crippen molar-refractivity contribution in [2.75, 3.05) is 6.54 Å². The van der Waals surface area contributed by atoms with Crippen LogP contribution in [0, 0.1) is 11.7 Å². The molecule has 1 aromatic carbocycles. The van der Waals surface area contributed by atoms with Crippen LogP contribution in [-0.4, -0.2) is 12.5 Å². The number of hydrogen-bond acceptors (Lipinski definition) is 1. The SMILES string of the molecule is CCNC(=O)[C@H]1C[C@](F)(c2ccc(CCl)c(F)c2)C1. The fourth-order valence-electron chi connectivity index (χ4n) is 2.40. The maximum absolute atomic E-state index is 14.5. The number of nitrogens with one attached hydrogen (secondary N) is 1. The first kappa shape index (κ1) is 14.3. The van der Waals surface area contributed by atoms with Gasteiger partial charge >= 0.3 is 0 Å². The van der Waals surface area contributed by atoms with E-state index in [0.29, 0.717) is 17.7 Å². The number of amides is 1. The van der Waals surface area contributed by atoms with Gasteiger partial charge in [-0.1, -0.05) is 12.1 Å². The lowest BCUT2D eigenvalue weighted by atomic mass is 9.68. The number of alkyl halides is 2. The van der Waals surface area contributed by atoms with Crippen molar-refractivity contribution < 1.29 is 13.6 Å². The van der Waals surface area contributed by atoms with Crippen molar-refractivity contribution in [2.45, 2.75) is 31.3 Å². The van der Waals surface area contributed by atoms with E-state index in [1.165, 1.54) is 12.1 Å². The van der Waals surface area contributed by atoms with Gasteiger partial charge in [0.25, 0.3) is 0 Å². The van der Waals surface area contributed by atoms with Gasteiger partial charge < -0.3 is 5.32 Å². The molecule has 2 nitrogen and oxygen atoms in total. The molecular formula is C14H16ClF2NO. The summed E-state index contributed by atoms with van der Waals surface area (Å²) in [6, 6.07) is 4.23. The van der Waals surface area contributed by atoms with Crippen LogP contribution in [0.3, 0.4) is 0 Å². The first-order valence-electron chi connectivity index (χ1n) is 6.31. The summed E-state index contributed by atoms with van der Waals surface area (Å²) < 4.78 is 28.1. The van der Waals surface area contributed by atoms with Crippen LogP contribution in [0.4, 0.5) is 8.78 Å². The highest BCUT2D eigenvalue weighted by molar-refractivity contribution is 6.17. The Bertz CT molecular complexity index is 486. The lowest BCUT2D eigenvalue weighted by Crippen LogP contribution is -2.45. The van der Waals surface area contributed by atoms with Gasteiger partial charge in [-0.3, -0.25) is 4.79 Å². The van der Waals surface area contributed by atoms with E-state index in [9.17, 15) is 13.6 Å². The van der Waals surface area contributed by atoms with Crippen molar-refractivity contribution in [3.8, 4) is 0 Å². The average Bonchev–Trinajstić information content (AvgIpc) is 2.35. The second-order valence-electron chi connectivity index (χ2n) is 4.90. The first-order chi connectivity index (χ1) is 9.00. The van der Waals surface area contributed by atoms with Gasteiger partial charge in [-0.2, -0.15) is 0 Å². The molecule has 1 aromatic rings. The lowest BCUT2D eigenvalue weighted by molar-refractivity contribution is -0.134. The Morgan fingerprint density at radius 1 is 1.53 bits per heavy atom. The molecule has 0 aromatic heterocycles. The van der Waals surface area contributed by atoms with Crippen molar-refractivity contribution >= 4 is 17.5 Å². The number of hydrogen-bond donors (Lipinski definition) is 1. The van der Waals surface area contributed by atoms with Gasteiger partial charge in [-0.05, 0) is 31.4 Å².